The van der Waals surface area contributed by atoms with E-state index in [1.165, 1.54) is 4.90 Å². The van der Waals surface area contributed by atoms with Crippen LogP contribution in [-0.2, 0) is 9.59 Å². The van der Waals surface area contributed by atoms with Gasteiger partial charge in [0, 0.05) is 0 Å². The summed E-state index contributed by atoms with van der Waals surface area (Å²) >= 11 is 0. The summed E-state index contributed by atoms with van der Waals surface area (Å²) in [7, 11) is 0. The van der Waals surface area contributed by atoms with Gasteiger partial charge in [0.25, 0.3) is 5.91 Å². The number of carbonyl (C=O) groups is 2. The Morgan fingerprint density at radius 2 is 2.16 bits per heavy atom. The van der Waals surface area contributed by atoms with Crippen molar-refractivity contribution in [2.45, 2.75) is 26.9 Å². The maximum Gasteiger partial charge on any atom is 0.323 e. The normalized spacial score (nSPS) is 18.2. The molecule has 2 rings (SSSR count). The fourth-order valence-electron chi connectivity index (χ4n) is 2.12. The van der Waals surface area contributed by atoms with Crippen LogP contribution in [0.15, 0.2) is 18.2 Å². The van der Waals surface area contributed by atoms with Gasteiger partial charge in [-0.3, -0.25) is 14.5 Å². The molecule has 1 heterocycles. The Kier molecular flexibility index (Phi) is 3.46. The van der Waals surface area contributed by atoms with Crippen LogP contribution in [0.5, 0.6) is 5.75 Å². The molecule has 19 heavy (non-hydrogen) atoms. The van der Waals surface area contributed by atoms with Crippen molar-refractivity contribution in [3.8, 4) is 5.75 Å². The Morgan fingerprint density at radius 1 is 1.47 bits per heavy atom. The van der Waals surface area contributed by atoms with Crippen LogP contribution in [0, 0.1) is 12.8 Å². The van der Waals surface area contributed by atoms with E-state index < -0.39 is 12.1 Å². The molecule has 0 bridgehead atoms. The smallest absolute Gasteiger partial charge is 0.323 e. The highest BCUT2D eigenvalue weighted by Crippen LogP contribution is 2.36. The molecule has 0 aromatic heterocycles. The lowest BCUT2D eigenvalue weighted by atomic mass is 10.0. The average Bonchev–Trinajstić information content (AvgIpc) is 2.31. The van der Waals surface area contributed by atoms with Crippen molar-refractivity contribution in [2.75, 3.05) is 11.4 Å². The molecule has 0 aliphatic carbocycles. The first-order valence-electron chi connectivity index (χ1n) is 6.20. The third kappa shape index (κ3) is 2.54. The number of carboxylic acid groups (broad SMARTS) is 1. The molecule has 0 radical (unpaired) electrons. The van der Waals surface area contributed by atoms with Crippen LogP contribution >= 0.6 is 0 Å². The summed E-state index contributed by atoms with van der Waals surface area (Å²) in [6.07, 6.45) is -0.631. The quantitative estimate of drug-likeness (QED) is 0.903. The van der Waals surface area contributed by atoms with Crippen molar-refractivity contribution in [1.29, 1.82) is 0 Å². The van der Waals surface area contributed by atoms with Crippen molar-refractivity contribution in [3.63, 3.8) is 0 Å². The van der Waals surface area contributed by atoms with Gasteiger partial charge in [-0.25, -0.2) is 0 Å². The summed E-state index contributed by atoms with van der Waals surface area (Å²) in [4.78, 5) is 24.5. The molecule has 1 aliphatic rings. The second-order valence-corrected chi connectivity index (χ2v) is 5.07. The van der Waals surface area contributed by atoms with E-state index >= 15 is 0 Å². The Bertz CT molecular complexity index is 524. The van der Waals surface area contributed by atoms with Gasteiger partial charge in [-0.05, 0) is 30.5 Å². The number of anilines is 1. The number of hydrogen-bond donors (Lipinski definition) is 1. The number of carbonyl (C=O) groups excluding carboxylic acids is 1. The second-order valence-electron chi connectivity index (χ2n) is 5.07. The van der Waals surface area contributed by atoms with Gasteiger partial charge in [0.15, 0.2) is 6.10 Å². The average molecular weight is 263 g/mol. The van der Waals surface area contributed by atoms with Crippen LogP contribution in [0.1, 0.15) is 19.4 Å². The number of nitrogens with zero attached hydrogens (tertiary/aromatic N) is 1. The molecule has 0 spiro atoms. The van der Waals surface area contributed by atoms with Gasteiger partial charge in [-0.2, -0.15) is 0 Å². The van der Waals surface area contributed by atoms with E-state index in [0.29, 0.717) is 11.4 Å². The first-order valence-corrected chi connectivity index (χ1v) is 6.20. The minimum atomic E-state index is -1.04. The highest BCUT2D eigenvalue weighted by molar-refractivity contribution is 6.03. The first kappa shape index (κ1) is 13.4. The molecule has 1 aliphatic heterocycles. The van der Waals surface area contributed by atoms with Crippen molar-refractivity contribution < 1.29 is 19.4 Å². The molecule has 5 heteroatoms. The summed E-state index contributed by atoms with van der Waals surface area (Å²) in [5, 5.41) is 8.95. The number of fused-ring (bicyclic) bond motifs is 1. The van der Waals surface area contributed by atoms with Gasteiger partial charge in [-0.15, -0.1) is 0 Å². The zero-order valence-corrected chi connectivity index (χ0v) is 11.2. The van der Waals surface area contributed by atoms with Crippen molar-refractivity contribution in [1.82, 2.24) is 0 Å². The fraction of sp³-hybridized carbons (Fsp3) is 0.429. The van der Waals surface area contributed by atoms with E-state index in [1.54, 1.807) is 6.07 Å². The molecule has 0 fully saturated rings. The fourth-order valence-corrected chi connectivity index (χ4v) is 2.12. The van der Waals surface area contributed by atoms with Gasteiger partial charge in [0.05, 0.1) is 5.69 Å². The van der Waals surface area contributed by atoms with E-state index in [9.17, 15) is 9.59 Å². The van der Waals surface area contributed by atoms with Crippen molar-refractivity contribution in [2.24, 2.45) is 5.92 Å². The van der Waals surface area contributed by atoms with Crippen LogP contribution in [0.3, 0.4) is 0 Å². The van der Waals surface area contributed by atoms with E-state index in [0.717, 1.165) is 5.56 Å². The maximum absolute atomic E-state index is 12.3. The van der Waals surface area contributed by atoms with Crippen LogP contribution in [-0.4, -0.2) is 29.6 Å². The second kappa shape index (κ2) is 4.91. The molecule has 1 unspecified atom stereocenters. The minimum Gasteiger partial charge on any atom is -0.480 e. The van der Waals surface area contributed by atoms with Crippen LogP contribution in [0.2, 0.25) is 0 Å². The zero-order valence-electron chi connectivity index (χ0n) is 11.2. The number of aryl methyl sites for hydroxylation is 1. The summed E-state index contributed by atoms with van der Waals surface area (Å²) in [6, 6.07) is 5.38. The van der Waals surface area contributed by atoms with Gasteiger partial charge in [0.1, 0.15) is 12.3 Å². The topological polar surface area (TPSA) is 66.8 Å². The number of ether oxygens (including phenoxy) is 1. The van der Waals surface area contributed by atoms with Gasteiger partial charge >= 0.3 is 5.97 Å². The van der Waals surface area contributed by atoms with Gasteiger partial charge in [-0.1, -0.05) is 19.9 Å². The largest absolute Gasteiger partial charge is 0.480 e. The number of hydrogen-bond acceptors (Lipinski definition) is 3. The van der Waals surface area contributed by atoms with E-state index in [1.807, 2.05) is 32.9 Å². The third-order valence-corrected chi connectivity index (χ3v) is 3.07. The standard InChI is InChI=1S/C14H17NO4/c1-8(2)13-14(18)15(7-12(16)17)10-5-4-9(3)6-11(10)19-13/h4-6,8,13H,7H2,1-3H3,(H,16,17). The SMILES string of the molecule is Cc1ccc2c(c1)OC(C(C)C)C(=O)N2CC(=O)O. The minimum absolute atomic E-state index is 0.0162. The zero-order chi connectivity index (χ0) is 14.2. The van der Waals surface area contributed by atoms with Crippen LogP contribution in [0.25, 0.3) is 0 Å². The molecule has 102 valence electrons. The van der Waals surface area contributed by atoms with Crippen LogP contribution < -0.4 is 9.64 Å². The number of amides is 1. The Labute approximate surface area is 111 Å². The molecule has 0 saturated carbocycles. The Hall–Kier alpha value is -2.04. The third-order valence-electron chi connectivity index (χ3n) is 3.07. The lowest BCUT2D eigenvalue weighted by Crippen LogP contribution is -2.50. The van der Waals surface area contributed by atoms with Gasteiger partial charge in [0.2, 0.25) is 0 Å². The highest BCUT2D eigenvalue weighted by atomic mass is 16.5. The molecular weight excluding hydrogens is 246 g/mol. The van der Waals surface area contributed by atoms with Gasteiger partial charge < -0.3 is 9.84 Å². The molecule has 1 amide bonds. The number of carboxylic acids is 1. The van der Waals surface area contributed by atoms with Crippen molar-refractivity contribution in [3.05, 3.63) is 23.8 Å². The predicted molar refractivity (Wildman–Crippen MR) is 70.4 cm³/mol. The molecular formula is C14H17NO4. The summed E-state index contributed by atoms with van der Waals surface area (Å²) in [5.74, 6) is -0.782. The summed E-state index contributed by atoms with van der Waals surface area (Å²) in [6.45, 7) is 5.33. The summed E-state index contributed by atoms with van der Waals surface area (Å²) < 4.78 is 5.71. The summed E-state index contributed by atoms with van der Waals surface area (Å²) in [5.41, 5.74) is 1.53. The molecule has 0 saturated heterocycles. The molecule has 5 nitrogen and oxygen atoms in total. The first-order chi connectivity index (χ1) is 8.90. The van der Waals surface area contributed by atoms with E-state index in [-0.39, 0.29) is 18.4 Å². The molecule has 1 atom stereocenters. The lowest BCUT2D eigenvalue weighted by Gasteiger charge is -2.35. The van der Waals surface area contributed by atoms with E-state index in [2.05, 4.69) is 0 Å². The Morgan fingerprint density at radius 3 is 2.74 bits per heavy atom. The van der Waals surface area contributed by atoms with Crippen LogP contribution in [0.4, 0.5) is 5.69 Å². The monoisotopic (exact) mass is 263 g/mol. The molecule has 1 N–H and O–H groups in total. The number of rotatable bonds is 3. The predicted octanol–water partition coefficient (Wildman–Crippen LogP) is 1.83. The Balaban J connectivity index is 2.46. The maximum atomic E-state index is 12.3. The van der Waals surface area contributed by atoms with E-state index in [4.69, 9.17) is 9.84 Å². The lowest BCUT2D eigenvalue weighted by molar-refractivity contribution is -0.138. The molecule has 1 aromatic carbocycles. The molecule has 1 aromatic rings. The number of benzene rings is 1. The van der Waals surface area contributed by atoms with Crippen molar-refractivity contribution >= 4 is 17.6 Å². The highest BCUT2D eigenvalue weighted by Gasteiger charge is 2.37. The number of aliphatic carboxylic acids is 1.